The Morgan fingerprint density at radius 1 is 1.50 bits per heavy atom. The van der Waals surface area contributed by atoms with E-state index < -0.39 is 0 Å². The first-order valence-corrected chi connectivity index (χ1v) is 5.62. The number of hydrogen-bond donors (Lipinski definition) is 1. The molecule has 0 aromatic carbocycles. The molecule has 0 spiro atoms. The number of carbonyl (C=O) groups is 1. The molecule has 0 bridgehead atoms. The fourth-order valence-electron chi connectivity index (χ4n) is 1.46. The van der Waals surface area contributed by atoms with Gasteiger partial charge in [0.25, 0.3) is 0 Å². The van der Waals surface area contributed by atoms with Crippen LogP contribution in [-0.2, 0) is 7.05 Å². The summed E-state index contributed by atoms with van der Waals surface area (Å²) < 4.78 is 1.57. The molecule has 0 radical (unpaired) electrons. The summed E-state index contributed by atoms with van der Waals surface area (Å²) in [5, 5.41) is 18.9. The highest BCUT2D eigenvalue weighted by Gasteiger charge is 2.16. The number of carbonyl (C=O) groups excluding carboxylic acids is 1. The van der Waals surface area contributed by atoms with E-state index in [2.05, 4.69) is 15.3 Å². The Hall–Kier alpha value is -2.42. The van der Waals surface area contributed by atoms with E-state index in [1.807, 2.05) is 19.9 Å². The van der Waals surface area contributed by atoms with Crippen LogP contribution in [0.2, 0.25) is 0 Å². The topological polar surface area (TPSA) is 87.4 Å². The number of rotatable bonds is 2. The third kappa shape index (κ3) is 2.63. The van der Waals surface area contributed by atoms with Crippen molar-refractivity contribution in [2.24, 2.45) is 7.05 Å². The second-order valence-electron chi connectivity index (χ2n) is 3.41. The maximum absolute atomic E-state index is 12.0. The molecule has 0 aliphatic heterocycles. The van der Waals surface area contributed by atoms with Gasteiger partial charge < -0.3 is 0 Å². The lowest BCUT2D eigenvalue weighted by Gasteiger charge is -1.93. The first kappa shape index (κ1) is 13.6. The van der Waals surface area contributed by atoms with Crippen LogP contribution < -0.4 is 0 Å². The second kappa shape index (κ2) is 5.77. The van der Waals surface area contributed by atoms with Crippen molar-refractivity contribution in [2.45, 2.75) is 20.8 Å². The number of aryl methyl sites for hydroxylation is 2. The van der Waals surface area contributed by atoms with E-state index in [0.29, 0.717) is 17.0 Å². The monoisotopic (exact) mass is 245 g/mol. The van der Waals surface area contributed by atoms with Crippen LogP contribution in [0.4, 0.5) is 0 Å². The van der Waals surface area contributed by atoms with Crippen molar-refractivity contribution in [2.75, 3.05) is 0 Å². The largest absolute Gasteiger partial charge is 0.287 e. The molecule has 2 aromatic heterocycles. The molecule has 2 heterocycles. The minimum atomic E-state index is -0.209. The van der Waals surface area contributed by atoms with Gasteiger partial charge in [0.1, 0.15) is 11.8 Å². The van der Waals surface area contributed by atoms with Crippen molar-refractivity contribution in [1.82, 2.24) is 20.0 Å². The van der Waals surface area contributed by atoms with Crippen LogP contribution in [0.15, 0.2) is 12.3 Å². The zero-order chi connectivity index (χ0) is 13.7. The third-order valence-corrected chi connectivity index (χ3v) is 2.20. The lowest BCUT2D eigenvalue weighted by molar-refractivity contribution is 0.103. The lowest BCUT2D eigenvalue weighted by atomic mass is 10.1. The minimum absolute atomic E-state index is 0.199. The number of nitriles is 1. The van der Waals surface area contributed by atoms with Crippen molar-refractivity contribution >= 4 is 5.78 Å². The average Bonchev–Trinajstić information content (AvgIpc) is 2.97. The molecule has 0 unspecified atom stereocenters. The Bertz CT molecular complexity index is 588. The van der Waals surface area contributed by atoms with Crippen molar-refractivity contribution in [3.05, 3.63) is 34.9 Å². The molecule has 0 saturated carbocycles. The van der Waals surface area contributed by atoms with E-state index in [-0.39, 0.29) is 11.5 Å². The van der Waals surface area contributed by atoms with Gasteiger partial charge in [-0.2, -0.15) is 15.5 Å². The second-order valence-corrected chi connectivity index (χ2v) is 3.41. The van der Waals surface area contributed by atoms with Gasteiger partial charge in [0.2, 0.25) is 5.78 Å². The molecule has 6 nitrogen and oxygen atoms in total. The molecule has 94 valence electrons. The van der Waals surface area contributed by atoms with Gasteiger partial charge in [0, 0.05) is 19.3 Å². The summed E-state index contributed by atoms with van der Waals surface area (Å²) in [7, 11) is 1.75. The molecule has 6 heteroatoms. The van der Waals surface area contributed by atoms with Crippen LogP contribution >= 0.6 is 0 Å². The van der Waals surface area contributed by atoms with Crippen molar-refractivity contribution < 1.29 is 4.79 Å². The highest BCUT2D eigenvalue weighted by atomic mass is 16.1. The Morgan fingerprint density at radius 2 is 2.17 bits per heavy atom. The highest BCUT2D eigenvalue weighted by molar-refractivity contribution is 6.08. The van der Waals surface area contributed by atoms with Crippen LogP contribution in [0.3, 0.4) is 0 Å². The van der Waals surface area contributed by atoms with Gasteiger partial charge >= 0.3 is 0 Å². The average molecular weight is 245 g/mol. The zero-order valence-corrected chi connectivity index (χ0v) is 10.9. The van der Waals surface area contributed by atoms with Gasteiger partial charge in [-0.1, -0.05) is 13.8 Å². The Labute approximate surface area is 105 Å². The van der Waals surface area contributed by atoms with E-state index in [4.69, 9.17) is 5.26 Å². The molecule has 0 amide bonds. The molecular formula is C12H15N5O. The SMILES string of the molecule is CC.Cc1nn(C)cc1C(=O)c1cc(C#N)n[nH]1. The first-order valence-electron chi connectivity index (χ1n) is 5.62. The molecule has 0 fully saturated rings. The van der Waals surface area contributed by atoms with Gasteiger partial charge in [-0.15, -0.1) is 0 Å². The molecule has 2 aromatic rings. The van der Waals surface area contributed by atoms with Crippen LogP contribution in [0.25, 0.3) is 0 Å². The number of ketones is 1. The van der Waals surface area contributed by atoms with Gasteiger partial charge in [0.05, 0.1) is 11.3 Å². The predicted octanol–water partition coefficient (Wildman–Crippen LogP) is 1.58. The van der Waals surface area contributed by atoms with E-state index in [0.717, 1.165) is 0 Å². The smallest absolute Gasteiger partial charge is 0.214 e. The normalized spacial score (nSPS) is 9.28. The van der Waals surface area contributed by atoms with Crippen LogP contribution in [0, 0.1) is 18.3 Å². The molecule has 0 aliphatic rings. The first-order chi connectivity index (χ1) is 8.61. The third-order valence-electron chi connectivity index (χ3n) is 2.20. The number of nitrogens with one attached hydrogen (secondary N) is 1. The Morgan fingerprint density at radius 3 is 2.61 bits per heavy atom. The van der Waals surface area contributed by atoms with Crippen molar-refractivity contribution in [3.8, 4) is 6.07 Å². The van der Waals surface area contributed by atoms with Crippen LogP contribution in [-0.4, -0.2) is 25.8 Å². The van der Waals surface area contributed by atoms with E-state index in [1.54, 1.807) is 24.9 Å². The molecule has 0 aliphatic carbocycles. The summed E-state index contributed by atoms with van der Waals surface area (Å²) in [6, 6.07) is 3.28. The predicted molar refractivity (Wildman–Crippen MR) is 66.0 cm³/mol. The van der Waals surface area contributed by atoms with Gasteiger partial charge in [0.15, 0.2) is 5.69 Å². The molecule has 1 N–H and O–H groups in total. The number of aromatic nitrogens is 4. The zero-order valence-electron chi connectivity index (χ0n) is 10.9. The summed E-state index contributed by atoms with van der Waals surface area (Å²) in [4.78, 5) is 12.0. The van der Waals surface area contributed by atoms with Gasteiger partial charge in [-0.25, -0.2) is 0 Å². The van der Waals surface area contributed by atoms with Crippen molar-refractivity contribution in [3.63, 3.8) is 0 Å². The molecule has 18 heavy (non-hydrogen) atoms. The van der Waals surface area contributed by atoms with Gasteiger partial charge in [-0.3, -0.25) is 14.6 Å². The maximum atomic E-state index is 12.0. The summed E-state index contributed by atoms with van der Waals surface area (Å²) >= 11 is 0. The van der Waals surface area contributed by atoms with Gasteiger partial charge in [-0.05, 0) is 6.92 Å². The standard InChI is InChI=1S/C10H9N5O.C2H6/c1-6-8(5-15(2)14-6)10(16)9-3-7(4-11)12-13-9;1-2/h3,5H,1-2H3,(H,12,13);1-2H3. The number of hydrogen-bond acceptors (Lipinski definition) is 4. The summed E-state index contributed by atoms with van der Waals surface area (Å²) in [5.41, 5.74) is 1.66. The summed E-state index contributed by atoms with van der Waals surface area (Å²) in [6.45, 7) is 5.76. The van der Waals surface area contributed by atoms with E-state index in [1.165, 1.54) is 6.07 Å². The molecule has 2 rings (SSSR count). The summed E-state index contributed by atoms with van der Waals surface area (Å²) in [5.74, 6) is -0.209. The lowest BCUT2D eigenvalue weighted by Crippen LogP contribution is -2.02. The van der Waals surface area contributed by atoms with Crippen molar-refractivity contribution in [1.29, 1.82) is 5.26 Å². The Balaban J connectivity index is 0.000000771. The molecule has 0 atom stereocenters. The fraction of sp³-hybridized carbons (Fsp3) is 0.333. The fourth-order valence-corrected chi connectivity index (χ4v) is 1.46. The number of nitrogens with zero attached hydrogens (tertiary/aromatic N) is 4. The van der Waals surface area contributed by atoms with E-state index in [9.17, 15) is 4.79 Å². The molecular weight excluding hydrogens is 230 g/mol. The van der Waals surface area contributed by atoms with E-state index >= 15 is 0 Å². The van der Waals surface area contributed by atoms with Crippen LogP contribution in [0.1, 0.15) is 41.3 Å². The Kier molecular flexibility index (Phi) is 4.38. The number of aromatic amines is 1. The molecule has 0 saturated heterocycles. The van der Waals surface area contributed by atoms with Crippen LogP contribution in [0.5, 0.6) is 0 Å². The quantitative estimate of drug-likeness (QED) is 0.814. The summed E-state index contributed by atoms with van der Waals surface area (Å²) in [6.07, 6.45) is 1.64. The number of H-pyrrole nitrogens is 1. The highest BCUT2D eigenvalue weighted by Crippen LogP contribution is 2.11. The minimum Gasteiger partial charge on any atom is -0.287 e. The maximum Gasteiger partial charge on any atom is 0.214 e.